The number of anilines is 11. The van der Waals surface area contributed by atoms with Crippen LogP contribution < -0.4 is 56.0 Å². The van der Waals surface area contributed by atoms with E-state index in [2.05, 4.69) is 85.3 Å². The summed E-state index contributed by atoms with van der Waals surface area (Å²) in [4.78, 5) is 134. The molecule has 0 bridgehead atoms. The number of hydrogen-bond acceptors (Lipinski definition) is 14. The first kappa shape index (κ1) is 79.3. The summed E-state index contributed by atoms with van der Waals surface area (Å²) in [7, 11) is 4.75. The number of nitrogens with one attached hydrogen (secondary N) is 8. The molecule has 1 saturated heterocycles. The van der Waals surface area contributed by atoms with E-state index in [1.165, 1.54) is 62.8 Å². The lowest BCUT2D eigenvalue weighted by Crippen LogP contribution is -2.36. The number of benzene rings is 6. The fraction of sp³-hybridized carbons (Fsp3) is 0.256. The normalized spacial score (nSPS) is 13.6. The molecule has 0 unspecified atom stereocenters. The number of alkyl halides is 6. The lowest BCUT2D eigenvalue weighted by molar-refractivity contribution is -0.138. The lowest BCUT2D eigenvalue weighted by Gasteiger charge is -2.31. The van der Waals surface area contributed by atoms with Crippen LogP contribution in [0.25, 0.3) is 33.1 Å². The Balaban J connectivity index is 0.000000150. The minimum Gasteiger partial charge on any atom is -0.370 e. The molecule has 15 rings (SSSR count). The van der Waals surface area contributed by atoms with Crippen molar-refractivity contribution in [1.29, 1.82) is 0 Å². The summed E-state index contributed by atoms with van der Waals surface area (Å²) >= 11 is 0. The van der Waals surface area contributed by atoms with Gasteiger partial charge in [0.15, 0.2) is 0 Å². The number of fused-ring (bicyclic) bond motifs is 5. The summed E-state index contributed by atoms with van der Waals surface area (Å²) in [5, 5.41) is 16.2. The Labute approximate surface area is 655 Å². The molecule has 9 heterocycles. The second-order valence-electron chi connectivity index (χ2n) is 28.7. The monoisotopic (exact) mass is 1570 g/mol. The highest BCUT2D eigenvalue weighted by molar-refractivity contribution is 6.12. The molecule has 0 radical (unpaired) electrons. The van der Waals surface area contributed by atoms with Crippen LogP contribution in [-0.4, -0.2) is 134 Å². The molecule has 0 saturated carbocycles. The van der Waals surface area contributed by atoms with Crippen molar-refractivity contribution in [2.75, 3.05) is 103 Å². The van der Waals surface area contributed by atoms with Gasteiger partial charge in [-0.1, -0.05) is 38.1 Å². The molecular weight excluding hydrogens is 1490 g/mol. The number of carbonyl (C=O) groups is 7. The van der Waals surface area contributed by atoms with E-state index in [4.69, 9.17) is 0 Å². The van der Waals surface area contributed by atoms with Gasteiger partial charge in [0, 0.05) is 129 Å². The number of aromatic amines is 3. The summed E-state index contributed by atoms with van der Waals surface area (Å²) < 4.78 is 80.5. The van der Waals surface area contributed by atoms with Crippen LogP contribution in [0.5, 0.6) is 0 Å². The Kier molecular flexibility index (Phi) is 22.4. The van der Waals surface area contributed by atoms with Gasteiger partial charge in [-0.05, 0) is 184 Å². The smallest absolute Gasteiger partial charge is 0.370 e. The van der Waals surface area contributed by atoms with Gasteiger partial charge in [0.1, 0.15) is 53.4 Å². The van der Waals surface area contributed by atoms with E-state index in [1.807, 2.05) is 30.0 Å². The molecular formula is C82H80F6N20O7. The van der Waals surface area contributed by atoms with Crippen molar-refractivity contribution >= 4 is 138 Å². The number of rotatable bonds is 12. The summed E-state index contributed by atoms with van der Waals surface area (Å²) in [5.41, 5.74) is 8.37. The standard InChI is InChI=1S/C28H28F3N7O2.C28H29N7O3.C26H23F3N6O2/c1-17-6-7-18(14-21(17)36-27(40)37(2)25-20-10-11-32-24(20)33-16-34-25)26(39)35-22-15-19(28(29,30)31)8-9-23(22)38-12-4-3-5-13-38;1-16-6-7-18(12-22(16)33-27(38)34(5)25-20-10-11-29-24(20)30-15-31-25)26(37)32-19-8-9-23-21(13-19)28(3,4)14-35(23)17(2)36;1-15-5-6-17(24(36)35-11-3-4-16-7-8-18(13-21(16)35)26(27,28)29)12-20(15)33-25(37)34(2)23-19-9-10-30-22(19)31-14-32-23/h6-11,14-16H,3-5,12-13H2,1-2H3,(H,35,39)(H,36,40)(H,32,33,34);6-13,15H,14H2,1-5H3,(H,32,37)(H,33,38)(H,29,30,31);5-10,12-14H,3-4,11H2,1-2H3,(H,33,37)(H,30,31,32). The molecule has 1 fully saturated rings. The largest absolute Gasteiger partial charge is 0.416 e. The number of aryl methyl sites for hydroxylation is 4. The summed E-state index contributed by atoms with van der Waals surface area (Å²) in [6.45, 7) is 13.4. The third-order valence-corrected chi connectivity index (χ3v) is 20.3. The number of urea groups is 3. The van der Waals surface area contributed by atoms with E-state index in [-0.39, 0.29) is 39.7 Å². The minimum atomic E-state index is -4.55. The van der Waals surface area contributed by atoms with Crippen molar-refractivity contribution in [2.24, 2.45) is 0 Å². The van der Waals surface area contributed by atoms with Crippen molar-refractivity contribution in [1.82, 2.24) is 44.9 Å². The molecule has 3 aliphatic heterocycles. The molecule has 33 heteroatoms. The molecule has 6 aromatic heterocycles. The molecule has 6 aromatic carbocycles. The molecule has 115 heavy (non-hydrogen) atoms. The van der Waals surface area contributed by atoms with Gasteiger partial charge in [0.05, 0.1) is 38.7 Å². The van der Waals surface area contributed by atoms with Crippen LogP contribution in [0.2, 0.25) is 0 Å². The summed E-state index contributed by atoms with van der Waals surface area (Å²) in [6.07, 6.45) is 4.30. The molecule has 0 spiro atoms. The molecule has 27 nitrogen and oxygen atoms in total. The predicted molar refractivity (Wildman–Crippen MR) is 430 cm³/mol. The maximum atomic E-state index is 13.5. The van der Waals surface area contributed by atoms with E-state index >= 15 is 0 Å². The van der Waals surface area contributed by atoms with Gasteiger partial charge in [-0.25, -0.2) is 44.3 Å². The van der Waals surface area contributed by atoms with Crippen LogP contribution >= 0.6 is 0 Å². The van der Waals surface area contributed by atoms with Crippen LogP contribution in [-0.2, 0) is 29.0 Å². The van der Waals surface area contributed by atoms with E-state index < -0.39 is 53.4 Å². The van der Waals surface area contributed by atoms with E-state index in [0.29, 0.717) is 135 Å². The molecule has 0 aliphatic carbocycles. The first-order valence-electron chi connectivity index (χ1n) is 36.6. The minimum absolute atomic E-state index is 0.00860. The van der Waals surface area contributed by atoms with E-state index in [0.717, 1.165) is 65.7 Å². The first-order chi connectivity index (χ1) is 54.8. The van der Waals surface area contributed by atoms with Crippen molar-refractivity contribution in [3.05, 3.63) is 221 Å². The van der Waals surface area contributed by atoms with Gasteiger partial charge >= 0.3 is 30.4 Å². The second kappa shape index (κ2) is 32.5. The lowest BCUT2D eigenvalue weighted by atomic mass is 9.87. The number of amides is 10. The highest BCUT2D eigenvalue weighted by atomic mass is 19.4. The van der Waals surface area contributed by atoms with Gasteiger partial charge < -0.3 is 56.2 Å². The van der Waals surface area contributed by atoms with E-state index in [1.54, 1.807) is 126 Å². The molecule has 10 amide bonds. The summed E-state index contributed by atoms with van der Waals surface area (Å²) in [5.74, 6) is -0.0869. The third-order valence-electron chi connectivity index (χ3n) is 20.3. The molecule has 592 valence electrons. The van der Waals surface area contributed by atoms with Crippen LogP contribution in [0.3, 0.4) is 0 Å². The second-order valence-corrected chi connectivity index (χ2v) is 28.7. The number of nitrogens with zero attached hydrogens (tertiary/aromatic N) is 12. The Morgan fingerprint density at radius 3 is 1.37 bits per heavy atom. The third kappa shape index (κ3) is 17.2. The molecule has 0 atom stereocenters. The molecule has 3 aliphatic rings. The van der Waals surface area contributed by atoms with Crippen molar-refractivity contribution in [3.8, 4) is 0 Å². The van der Waals surface area contributed by atoms with Crippen molar-refractivity contribution < 1.29 is 59.9 Å². The predicted octanol–water partition coefficient (Wildman–Crippen LogP) is 16.6. The van der Waals surface area contributed by atoms with E-state index in [9.17, 15) is 59.9 Å². The van der Waals surface area contributed by atoms with Gasteiger partial charge in [-0.3, -0.25) is 33.9 Å². The number of aromatic nitrogens is 9. The SMILES string of the molecule is CC(=O)N1CC(C)(C)c2cc(NC(=O)c3ccc(C)c(NC(=O)N(C)c4ncnc5[nH]ccc45)c3)ccc21.Cc1ccc(C(=O)N2CCCc3ccc(C(F)(F)F)cc32)cc1NC(=O)N(C)c1ncnc2[nH]ccc12.Cc1ccc(C(=O)Nc2cc(C(F)(F)F)ccc2N2CCCCC2)cc1NC(=O)N(C)c1ncnc2[nH]ccc12. The highest BCUT2D eigenvalue weighted by Crippen LogP contribution is 2.43. The Bertz CT molecular complexity index is 5770. The quantitative estimate of drug-likeness (QED) is 0.0528. The molecule has 8 N–H and O–H groups in total. The summed E-state index contributed by atoms with van der Waals surface area (Å²) in [6, 6.07) is 31.2. The zero-order valence-corrected chi connectivity index (χ0v) is 63.9. The topological polar surface area (TPSA) is 324 Å². The van der Waals surface area contributed by atoms with Gasteiger partial charge in [0.25, 0.3) is 17.7 Å². The van der Waals surface area contributed by atoms with Gasteiger partial charge in [-0.15, -0.1) is 0 Å². The fourth-order valence-electron chi connectivity index (χ4n) is 13.9. The molecule has 12 aromatic rings. The highest BCUT2D eigenvalue weighted by Gasteiger charge is 2.38. The van der Waals surface area contributed by atoms with Crippen molar-refractivity contribution in [3.63, 3.8) is 0 Å². The number of piperidine rings is 1. The maximum absolute atomic E-state index is 13.5. The number of hydrogen-bond donors (Lipinski definition) is 8. The Morgan fingerprint density at radius 2 is 0.887 bits per heavy atom. The number of carbonyl (C=O) groups excluding carboxylic acids is 7. The zero-order valence-electron chi connectivity index (χ0n) is 63.9. The van der Waals surface area contributed by atoms with Crippen LogP contribution in [0, 0.1) is 20.8 Å². The van der Waals surface area contributed by atoms with Crippen LogP contribution in [0.4, 0.5) is 104 Å². The Morgan fingerprint density at radius 1 is 0.443 bits per heavy atom. The van der Waals surface area contributed by atoms with Crippen LogP contribution in [0.1, 0.15) is 116 Å². The number of halogens is 6. The van der Waals surface area contributed by atoms with Crippen molar-refractivity contribution in [2.45, 2.75) is 91.4 Å². The van der Waals surface area contributed by atoms with Gasteiger partial charge in [-0.2, -0.15) is 26.3 Å². The Hall–Kier alpha value is -13.8. The maximum Gasteiger partial charge on any atom is 0.416 e. The average Bonchev–Trinajstić information content (AvgIpc) is 1.68. The average molecular weight is 1570 g/mol. The first-order valence-corrected chi connectivity index (χ1v) is 36.6. The zero-order chi connectivity index (χ0) is 81.9. The fourth-order valence-corrected chi connectivity index (χ4v) is 13.9. The van der Waals surface area contributed by atoms with Crippen LogP contribution in [0.15, 0.2) is 165 Å². The van der Waals surface area contributed by atoms with Gasteiger partial charge in [0.2, 0.25) is 5.91 Å². The number of H-pyrrole nitrogens is 3.